The Morgan fingerprint density at radius 2 is 1.96 bits per heavy atom. The smallest absolute Gasteiger partial charge is 0.304 e. The summed E-state index contributed by atoms with van der Waals surface area (Å²) >= 11 is 0. The Labute approximate surface area is 143 Å². The van der Waals surface area contributed by atoms with Crippen molar-refractivity contribution in [2.75, 3.05) is 18.1 Å². The first-order valence-corrected chi connectivity index (χ1v) is 9.82. The lowest BCUT2D eigenvalue weighted by molar-refractivity contribution is -0.136. The number of nitrogens with one attached hydrogen (secondary N) is 2. The number of hydrogen-bond donors (Lipinski definition) is 3. The molecule has 0 aliphatic carbocycles. The number of carbonyl (C=O) groups excluding carboxylic acids is 1. The maximum Gasteiger partial charge on any atom is 0.304 e. The summed E-state index contributed by atoms with van der Waals surface area (Å²) in [5.74, 6) is 0.451. The molecule has 0 spiro atoms. The van der Waals surface area contributed by atoms with Gasteiger partial charge in [0.2, 0.25) is 0 Å². The zero-order valence-electron chi connectivity index (χ0n) is 13.1. The van der Waals surface area contributed by atoms with E-state index < -0.39 is 5.97 Å². The van der Waals surface area contributed by atoms with E-state index in [2.05, 4.69) is 10.3 Å². The molecule has 7 heteroatoms. The van der Waals surface area contributed by atoms with Gasteiger partial charge in [-0.25, -0.2) is 0 Å². The van der Waals surface area contributed by atoms with Crippen LogP contribution in [0, 0.1) is 13.8 Å². The molecule has 1 aromatic heterocycles. The van der Waals surface area contributed by atoms with Gasteiger partial charge >= 0.3 is 5.97 Å². The fraction of sp³-hybridized carbons (Fsp3) is 0.375. The number of para-hydroxylation sites is 1. The van der Waals surface area contributed by atoms with E-state index in [1.165, 1.54) is 16.4 Å². The molecule has 0 saturated heterocycles. The summed E-state index contributed by atoms with van der Waals surface area (Å²) in [6, 6.07) is 5.73. The van der Waals surface area contributed by atoms with Gasteiger partial charge in [0.25, 0.3) is 5.91 Å². The molecule has 124 valence electrons. The van der Waals surface area contributed by atoms with Gasteiger partial charge in [-0.1, -0.05) is 33.7 Å². The molecule has 1 aromatic carbocycles. The molecule has 1 heterocycles. The van der Waals surface area contributed by atoms with E-state index in [4.69, 9.17) is 5.11 Å². The number of aryl methyl sites for hydroxylation is 2. The molecule has 0 bridgehead atoms. The first kappa shape index (κ1) is 17.7. The third-order valence-corrected chi connectivity index (χ3v) is 5.95. The zero-order chi connectivity index (χ0) is 16.8. The molecule has 0 aliphatic heterocycles. The summed E-state index contributed by atoms with van der Waals surface area (Å²) in [5.41, 5.74) is 3.77. The van der Waals surface area contributed by atoms with Crippen LogP contribution in [0.2, 0.25) is 0 Å². The molecule has 1 amide bonds. The number of aromatic nitrogens is 1. The number of H-pyrrole nitrogens is 1. The van der Waals surface area contributed by atoms with Crippen molar-refractivity contribution in [2.45, 2.75) is 20.3 Å². The van der Waals surface area contributed by atoms with Crippen LogP contribution in [0.25, 0.3) is 10.9 Å². The van der Waals surface area contributed by atoms with Crippen molar-refractivity contribution in [1.82, 2.24) is 10.3 Å². The van der Waals surface area contributed by atoms with E-state index >= 15 is 0 Å². The van der Waals surface area contributed by atoms with Crippen LogP contribution in [0.4, 0.5) is 0 Å². The number of fused-ring (bicyclic) bond motifs is 1. The van der Waals surface area contributed by atoms with Gasteiger partial charge < -0.3 is 15.4 Å². The second-order valence-electron chi connectivity index (χ2n) is 5.15. The van der Waals surface area contributed by atoms with Crippen molar-refractivity contribution >= 4 is 44.4 Å². The number of carboxylic acids is 1. The zero-order valence-corrected chi connectivity index (χ0v) is 14.8. The van der Waals surface area contributed by atoms with E-state index in [9.17, 15) is 9.59 Å². The van der Waals surface area contributed by atoms with Crippen molar-refractivity contribution in [3.63, 3.8) is 0 Å². The van der Waals surface area contributed by atoms with E-state index in [0.29, 0.717) is 17.9 Å². The molecular weight excluding hydrogens is 332 g/mol. The number of aliphatic carboxylic acids is 1. The molecule has 23 heavy (non-hydrogen) atoms. The Morgan fingerprint density at radius 1 is 1.22 bits per heavy atom. The van der Waals surface area contributed by atoms with E-state index in [1.54, 1.807) is 10.8 Å². The van der Waals surface area contributed by atoms with Gasteiger partial charge in [0, 0.05) is 29.1 Å². The van der Waals surface area contributed by atoms with Crippen LogP contribution in [0.1, 0.15) is 28.0 Å². The van der Waals surface area contributed by atoms with E-state index in [1.807, 2.05) is 32.0 Å². The first-order valence-electron chi connectivity index (χ1n) is 7.33. The van der Waals surface area contributed by atoms with Crippen molar-refractivity contribution in [1.29, 1.82) is 0 Å². The predicted octanol–water partition coefficient (Wildman–Crippen LogP) is 3.37. The second-order valence-corrected chi connectivity index (χ2v) is 7.85. The first-order chi connectivity index (χ1) is 11.0. The number of rotatable bonds is 8. The molecular formula is C16H20N2O3S2. The van der Waals surface area contributed by atoms with Crippen LogP contribution in [0.3, 0.4) is 0 Å². The number of aromatic amines is 1. The molecule has 5 nitrogen and oxygen atoms in total. The fourth-order valence-corrected chi connectivity index (χ4v) is 4.11. The highest BCUT2D eigenvalue weighted by molar-refractivity contribution is 8.76. The third kappa shape index (κ3) is 4.68. The number of benzene rings is 1. The molecule has 2 aromatic rings. The summed E-state index contributed by atoms with van der Waals surface area (Å²) in [6.07, 6.45) is 0.164. The second kappa shape index (κ2) is 8.31. The van der Waals surface area contributed by atoms with Gasteiger partial charge in [-0.2, -0.15) is 0 Å². The van der Waals surface area contributed by atoms with Gasteiger partial charge in [-0.3, -0.25) is 9.59 Å². The Kier molecular flexibility index (Phi) is 6.41. The van der Waals surface area contributed by atoms with Crippen LogP contribution < -0.4 is 5.32 Å². The molecule has 0 aliphatic rings. The van der Waals surface area contributed by atoms with Crippen molar-refractivity contribution in [3.05, 3.63) is 35.0 Å². The van der Waals surface area contributed by atoms with Crippen molar-refractivity contribution in [2.24, 2.45) is 0 Å². The number of hydrogen-bond acceptors (Lipinski definition) is 4. The van der Waals surface area contributed by atoms with Crippen molar-refractivity contribution < 1.29 is 14.7 Å². The monoisotopic (exact) mass is 352 g/mol. The summed E-state index contributed by atoms with van der Waals surface area (Å²) in [5, 5.41) is 12.5. The van der Waals surface area contributed by atoms with Gasteiger partial charge in [-0.15, -0.1) is 0 Å². The molecule has 0 unspecified atom stereocenters. The van der Waals surface area contributed by atoms with Gasteiger partial charge in [-0.05, 0) is 25.5 Å². The SMILES string of the molecule is Cc1[nH]c2c(C(=O)NCCSSCCC(=O)O)cccc2c1C. The topological polar surface area (TPSA) is 82.2 Å². The van der Waals surface area contributed by atoms with Crippen LogP contribution in [-0.2, 0) is 4.79 Å². The standard InChI is InChI=1S/C16H20N2O3S2/c1-10-11(2)18-15-12(10)4-3-5-13(15)16(21)17-7-9-23-22-8-6-14(19)20/h3-5,18H,6-9H2,1-2H3,(H,17,21)(H,19,20). The van der Waals surface area contributed by atoms with Gasteiger partial charge in [0.1, 0.15) is 0 Å². The molecule has 0 saturated carbocycles. The highest BCUT2D eigenvalue weighted by atomic mass is 33.1. The minimum absolute atomic E-state index is 0.0898. The predicted molar refractivity (Wildman–Crippen MR) is 97.3 cm³/mol. The number of carbonyl (C=O) groups is 2. The largest absolute Gasteiger partial charge is 0.481 e. The van der Waals surface area contributed by atoms with Crippen LogP contribution in [-0.4, -0.2) is 40.0 Å². The molecule has 0 atom stereocenters. The van der Waals surface area contributed by atoms with E-state index in [0.717, 1.165) is 22.3 Å². The van der Waals surface area contributed by atoms with Crippen LogP contribution >= 0.6 is 21.6 Å². The molecule has 3 N–H and O–H groups in total. The summed E-state index contributed by atoms with van der Waals surface area (Å²) in [7, 11) is 3.09. The average molecular weight is 352 g/mol. The lowest BCUT2D eigenvalue weighted by Crippen LogP contribution is -2.25. The molecule has 2 rings (SSSR count). The van der Waals surface area contributed by atoms with Crippen molar-refractivity contribution in [3.8, 4) is 0 Å². The maximum atomic E-state index is 12.3. The third-order valence-electron chi connectivity index (χ3n) is 3.54. The Balaban J connectivity index is 1.85. The maximum absolute atomic E-state index is 12.3. The molecule has 0 fully saturated rings. The highest BCUT2D eigenvalue weighted by Gasteiger charge is 2.13. The Hall–Kier alpha value is -1.60. The summed E-state index contributed by atoms with van der Waals surface area (Å²) in [4.78, 5) is 26.0. The fourth-order valence-electron chi connectivity index (χ4n) is 2.22. The lowest BCUT2D eigenvalue weighted by Gasteiger charge is -2.06. The molecule has 0 radical (unpaired) electrons. The van der Waals surface area contributed by atoms with Crippen LogP contribution in [0.5, 0.6) is 0 Å². The van der Waals surface area contributed by atoms with Gasteiger partial charge in [0.05, 0.1) is 17.5 Å². The summed E-state index contributed by atoms with van der Waals surface area (Å²) in [6.45, 7) is 4.60. The Morgan fingerprint density at radius 3 is 2.70 bits per heavy atom. The van der Waals surface area contributed by atoms with E-state index in [-0.39, 0.29) is 12.3 Å². The Bertz CT molecular complexity index is 713. The minimum atomic E-state index is -0.781. The normalized spacial score (nSPS) is 10.9. The van der Waals surface area contributed by atoms with Gasteiger partial charge in [0.15, 0.2) is 0 Å². The summed E-state index contributed by atoms with van der Waals surface area (Å²) < 4.78 is 0. The highest BCUT2D eigenvalue weighted by Crippen LogP contribution is 2.24. The lowest BCUT2D eigenvalue weighted by atomic mass is 10.1. The number of amides is 1. The van der Waals surface area contributed by atoms with Crippen LogP contribution in [0.15, 0.2) is 18.2 Å². The quantitative estimate of drug-likeness (QED) is 0.501. The number of carboxylic acid groups (broad SMARTS) is 1. The minimum Gasteiger partial charge on any atom is -0.481 e. The average Bonchev–Trinajstić information content (AvgIpc) is 2.81.